The van der Waals surface area contributed by atoms with E-state index in [0.29, 0.717) is 19.3 Å². The van der Waals surface area contributed by atoms with Crippen LogP contribution in [-0.4, -0.2) is 37.2 Å². The smallest absolute Gasteiger partial charge is 0.306 e. The number of carbonyl (C=O) groups excluding carboxylic acids is 3. The molecule has 1 atom stereocenters. The molecule has 0 aromatic carbocycles. The van der Waals surface area contributed by atoms with E-state index in [1.807, 2.05) is 0 Å². The van der Waals surface area contributed by atoms with Crippen LogP contribution in [0.2, 0.25) is 0 Å². The molecular formula is C41H72O6. The molecule has 272 valence electrons. The summed E-state index contributed by atoms with van der Waals surface area (Å²) in [6.45, 7) is 6.39. The average molecular weight is 661 g/mol. The van der Waals surface area contributed by atoms with Gasteiger partial charge in [0.1, 0.15) is 13.2 Å². The number of carbonyl (C=O) groups is 3. The maximum Gasteiger partial charge on any atom is 0.306 e. The molecule has 0 heterocycles. The highest BCUT2D eigenvalue weighted by Gasteiger charge is 2.19. The normalized spacial score (nSPS) is 12.3. The Kier molecular flexibility index (Phi) is 34.6. The maximum atomic E-state index is 12.5. The third-order valence-corrected chi connectivity index (χ3v) is 8.16. The van der Waals surface area contributed by atoms with Gasteiger partial charge >= 0.3 is 17.9 Å². The molecule has 1 unspecified atom stereocenters. The summed E-state index contributed by atoms with van der Waals surface area (Å²) >= 11 is 0. The molecule has 47 heavy (non-hydrogen) atoms. The highest BCUT2D eigenvalue weighted by atomic mass is 16.6. The van der Waals surface area contributed by atoms with E-state index >= 15 is 0 Å². The van der Waals surface area contributed by atoms with Crippen LogP contribution in [0.1, 0.15) is 188 Å². The molecule has 6 heteroatoms. The Hall–Kier alpha value is -2.37. The molecule has 0 fully saturated rings. The molecule has 0 N–H and O–H groups in total. The molecule has 0 saturated heterocycles. The fourth-order valence-corrected chi connectivity index (χ4v) is 5.22. The van der Waals surface area contributed by atoms with Gasteiger partial charge < -0.3 is 14.2 Å². The summed E-state index contributed by atoms with van der Waals surface area (Å²) in [6.07, 6.45) is 38.6. The summed E-state index contributed by atoms with van der Waals surface area (Å²) < 4.78 is 16.5. The molecule has 0 aliphatic heterocycles. The van der Waals surface area contributed by atoms with Gasteiger partial charge in [0.05, 0.1) is 0 Å². The van der Waals surface area contributed by atoms with Crippen LogP contribution in [0, 0.1) is 0 Å². The summed E-state index contributed by atoms with van der Waals surface area (Å²) in [5, 5.41) is 0. The molecule has 0 spiro atoms. The number of rotatable bonds is 34. The Labute approximate surface area is 289 Å². The predicted molar refractivity (Wildman–Crippen MR) is 196 cm³/mol. The zero-order valence-electron chi connectivity index (χ0n) is 30.8. The van der Waals surface area contributed by atoms with Gasteiger partial charge in [-0.25, -0.2) is 0 Å². The summed E-state index contributed by atoms with van der Waals surface area (Å²) in [4.78, 5) is 37.2. The van der Waals surface area contributed by atoms with E-state index in [9.17, 15) is 14.4 Å². The summed E-state index contributed by atoms with van der Waals surface area (Å²) in [6, 6.07) is 0. The van der Waals surface area contributed by atoms with E-state index < -0.39 is 6.10 Å². The Bertz CT molecular complexity index is 815. The van der Waals surface area contributed by atoms with Crippen molar-refractivity contribution in [2.24, 2.45) is 0 Å². The Balaban J connectivity index is 4.30. The van der Waals surface area contributed by atoms with Gasteiger partial charge in [-0.05, 0) is 51.4 Å². The largest absolute Gasteiger partial charge is 0.462 e. The standard InChI is InChI=1S/C41H72O6/c1-4-7-10-13-16-18-19-20-21-22-23-24-26-28-31-34-40(43)46-37-38(36-45-39(42)33-30-27-15-12-9-6-3)47-41(44)35-32-29-25-17-14-11-8-5-2/h7,10,16,18,20-21,38H,4-6,8-9,11-15,17,19,22-37H2,1-3H3/b10-7-,18-16-,21-20-. The zero-order chi connectivity index (χ0) is 34.5. The first-order valence-electron chi connectivity index (χ1n) is 19.5. The van der Waals surface area contributed by atoms with Crippen molar-refractivity contribution in [3.05, 3.63) is 36.5 Å². The van der Waals surface area contributed by atoms with Gasteiger partial charge in [-0.15, -0.1) is 0 Å². The third-order valence-electron chi connectivity index (χ3n) is 8.16. The van der Waals surface area contributed by atoms with Gasteiger partial charge in [-0.3, -0.25) is 14.4 Å². The molecule has 0 aromatic rings. The van der Waals surface area contributed by atoms with E-state index in [-0.39, 0.29) is 31.1 Å². The monoisotopic (exact) mass is 661 g/mol. The minimum absolute atomic E-state index is 0.0772. The second kappa shape index (κ2) is 36.5. The first kappa shape index (κ1) is 44.6. The predicted octanol–water partition coefficient (Wildman–Crippen LogP) is 11.9. The SMILES string of the molecule is CC/C=C\C/C=C\C/C=C\CCCCCCCC(=O)OCC(COC(=O)CCCCCCCC)OC(=O)CCCCCCCCCC. The van der Waals surface area contributed by atoms with E-state index in [1.165, 1.54) is 51.4 Å². The van der Waals surface area contributed by atoms with Crippen LogP contribution >= 0.6 is 0 Å². The maximum absolute atomic E-state index is 12.5. The molecule has 0 saturated carbocycles. The van der Waals surface area contributed by atoms with Crippen LogP contribution in [0.15, 0.2) is 36.5 Å². The van der Waals surface area contributed by atoms with Crippen molar-refractivity contribution in [2.45, 2.75) is 194 Å². The third kappa shape index (κ3) is 34.8. The van der Waals surface area contributed by atoms with Gasteiger partial charge in [0, 0.05) is 19.3 Å². The molecule has 0 bridgehead atoms. The fraction of sp³-hybridized carbons (Fsp3) is 0.780. The second-order valence-electron chi connectivity index (χ2n) is 12.8. The van der Waals surface area contributed by atoms with Crippen molar-refractivity contribution in [1.82, 2.24) is 0 Å². The van der Waals surface area contributed by atoms with Crippen LogP contribution in [0.5, 0.6) is 0 Å². The summed E-state index contributed by atoms with van der Waals surface area (Å²) in [7, 11) is 0. The van der Waals surface area contributed by atoms with Crippen molar-refractivity contribution < 1.29 is 28.6 Å². The molecule has 0 radical (unpaired) electrons. The number of unbranched alkanes of at least 4 members (excludes halogenated alkanes) is 17. The van der Waals surface area contributed by atoms with Gasteiger partial charge in [-0.1, -0.05) is 154 Å². The lowest BCUT2D eigenvalue weighted by Gasteiger charge is -2.18. The van der Waals surface area contributed by atoms with Gasteiger partial charge in [-0.2, -0.15) is 0 Å². The highest BCUT2D eigenvalue weighted by molar-refractivity contribution is 5.71. The quantitative estimate of drug-likeness (QED) is 0.0296. The van der Waals surface area contributed by atoms with E-state index in [0.717, 1.165) is 96.3 Å². The van der Waals surface area contributed by atoms with Crippen molar-refractivity contribution >= 4 is 17.9 Å². The Morgan fingerprint density at radius 2 is 0.830 bits per heavy atom. The van der Waals surface area contributed by atoms with Gasteiger partial charge in [0.2, 0.25) is 0 Å². The van der Waals surface area contributed by atoms with E-state index in [2.05, 4.69) is 57.2 Å². The van der Waals surface area contributed by atoms with Gasteiger partial charge in [0.25, 0.3) is 0 Å². The summed E-state index contributed by atoms with van der Waals surface area (Å²) in [5.41, 5.74) is 0. The molecule has 6 nitrogen and oxygen atoms in total. The highest BCUT2D eigenvalue weighted by Crippen LogP contribution is 2.13. The Morgan fingerprint density at radius 1 is 0.447 bits per heavy atom. The van der Waals surface area contributed by atoms with Crippen molar-refractivity contribution in [3.63, 3.8) is 0 Å². The summed E-state index contributed by atoms with van der Waals surface area (Å²) in [5.74, 6) is -0.914. The van der Waals surface area contributed by atoms with Crippen molar-refractivity contribution in [2.75, 3.05) is 13.2 Å². The van der Waals surface area contributed by atoms with E-state index in [1.54, 1.807) is 0 Å². The Morgan fingerprint density at radius 3 is 1.30 bits per heavy atom. The first-order chi connectivity index (χ1) is 23.0. The van der Waals surface area contributed by atoms with Crippen LogP contribution in [0.3, 0.4) is 0 Å². The number of hydrogen-bond donors (Lipinski definition) is 0. The van der Waals surface area contributed by atoms with Gasteiger partial charge in [0.15, 0.2) is 6.10 Å². The molecule has 0 aliphatic rings. The number of esters is 3. The molecule has 0 amide bonds. The van der Waals surface area contributed by atoms with Crippen LogP contribution in [0.25, 0.3) is 0 Å². The molecule has 0 rings (SSSR count). The lowest BCUT2D eigenvalue weighted by molar-refractivity contribution is -0.167. The molecule has 0 aromatic heterocycles. The topological polar surface area (TPSA) is 78.9 Å². The number of hydrogen-bond acceptors (Lipinski definition) is 6. The molecule has 0 aliphatic carbocycles. The van der Waals surface area contributed by atoms with Crippen LogP contribution < -0.4 is 0 Å². The number of ether oxygens (including phenoxy) is 3. The minimum Gasteiger partial charge on any atom is -0.462 e. The van der Waals surface area contributed by atoms with Crippen molar-refractivity contribution in [3.8, 4) is 0 Å². The number of allylic oxidation sites excluding steroid dienone is 6. The van der Waals surface area contributed by atoms with E-state index in [4.69, 9.17) is 14.2 Å². The van der Waals surface area contributed by atoms with Crippen molar-refractivity contribution in [1.29, 1.82) is 0 Å². The van der Waals surface area contributed by atoms with Crippen LogP contribution in [-0.2, 0) is 28.6 Å². The average Bonchev–Trinajstić information content (AvgIpc) is 3.06. The second-order valence-corrected chi connectivity index (χ2v) is 12.8. The van der Waals surface area contributed by atoms with Crippen LogP contribution in [0.4, 0.5) is 0 Å². The fourth-order valence-electron chi connectivity index (χ4n) is 5.22. The molecular weight excluding hydrogens is 588 g/mol. The minimum atomic E-state index is -0.768. The lowest BCUT2D eigenvalue weighted by atomic mass is 10.1. The first-order valence-corrected chi connectivity index (χ1v) is 19.5. The zero-order valence-corrected chi connectivity index (χ0v) is 30.8. The lowest BCUT2D eigenvalue weighted by Crippen LogP contribution is -2.30.